The van der Waals surface area contributed by atoms with Gasteiger partial charge in [-0.3, -0.25) is 9.59 Å². The number of amides is 1. The molecule has 1 amide bonds. The summed E-state index contributed by atoms with van der Waals surface area (Å²) in [5.74, 6) is 1.55. The Labute approximate surface area is 168 Å². The molecule has 7 heteroatoms. The summed E-state index contributed by atoms with van der Waals surface area (Å²) in [6.07, 6.45) is 1.48. The molecule has 29 heavy (non-hydrogen) atoms. The Morgan fingerprint density at radius 3 is 2.21 bits per heavy atom. The molecule has 0 radical (unpaired) electrons. The lowest BCUT2D eigenvalue weighted by atomic mass is 10.1. The van der Waals surface area contributed by atoms with Crippen molar-refractivity contribution >= 4 is 28.9 Å². The van der Waals surface area contributed by atoms with E-state index in [-0.39, 0.29) is 11.7 Å². The van der Waals surface area contributed by atoms with E-state index in [1.165, 1.54) is 13.1 Å². The summed E-state index contributed by atoms with van der Waals surface area (Å²) < 4.78 is 10.5. The first-order valence-electron chi connectivity index (χ1n) is 8.87. The lowest BCUT2D eigenvalue weighted by molar-refractivity contribution is 0.101. The van der Waals surface area contributed by atoms with Crippen molar-refractivity contribution in [2.45, 2.75) is 6.92 Å². The molecule has 2 N–H and O–H groups in total. The molecule has 1 aromatic heterocycles. The Balaban J connectivity index is 1.68. The van der Waals surface area contributed by atoms with Crippen molar-refractivity contribution < 1.29 is 19.1 Å². The van der Waals surface area contributed by atoms with Gasteiger partial charge in [0.25, 0.3) is 5.91 Å². The van der Waals surface area contributed by atoms with Crippen molar-refractivity contribution in [2.24, 2.45) is 0 Å². The van der Waals surface area contributed by atoms with Gasteiger partial charge in [-0.25, -0.2) is 4.98 Å². The molecule has 2 aromatic carbocycles. The number of Topliss-reactive ketones (excluding diaryl/α,β-unsaturated/α-hetero) is 1. The van der Waals surface area contributed by atoms with Crippen molar-refractivity contribution in [3.63, 3.8) is 0 Å². The Kier molecular flexibility index (Phi) is 6.09. The number of rotatable bonds is 7. The molecule has 0 aliphatic carbocycles. The fourth-order valence-corrected chi connectivity index (χ4v) is 2.63. The van der Waals surface area contributed by atoms with E-state index < -0.39 is 0 Å². The number of anilines is 3. The van der Waals surface area contributed by atoms with Crippen LogP contribution in [0.4, 0.5) is 17.2 Å². The van der Waals surface area contributed by atoms with Gasteiger partial charge < -0.3 is 20.1 Å². The van der Waals surface area contributed by atoms with Crippen LogP contribution in [-0.4, -0.2) is 30.9 Å². The molecule has 148 valence electrons. The molecule has 0 aliphatic rings. The SMILES string of the molecule is COc1ccc(Nc2ccc(C(=O)Nc3ccc(C(C)=O)cc3)cn2)c(OC)c1. The molecule has 3 rings (SSSR count). The first kappa shape index (κ1) is 19.9. The van der Waals surface area contributed by atoms with Gasteiger partial charge in [0.2, 0.25) is 0 Å². The zero-order valence-electron chi connectivity index (χ0n) is 16.4. The number of hydrogen-bond acceptors (Lipinski definition) is 6. The van der Waals surface area contributed by atoms with Crippen molar-refractivity contribution in [1.82, 2.24) is 4.98 Å². The summed E-state index contributed by atoms with van der Waals surface area (Å²) >= 11 is 0. The van der Waals surface area contributed by atoms with E-state index in [0.717, 1.165) is 5.69 Å². The van der Waals surface area contributed by atoms with Crippen LogP contribution in [-0.2, 0) is 0 Å². The molecule has 3 aromatic rings. The highest BCUT2D eigenvalue weighted by Crippen LogP contribution is 2.31. The summed E-state index contributed by atoms with van der Waals surface area (Å²) in [6.45, 7) is 1.50. The van der Waals surface area contributed by atoms with Gasteiger partial charge in [0.05, 0.1) is 25.5 Å². The molecule has 0 unspecified atom stereocenters. The summed E-state index contributed by atoms with van der Waals surface area (Å²) in [5.41, 5.74) is 2.33. The minimum Gasteiger partial charge on any atom is -0.497 e. The van der Waals surface area contributed by atoms with Crippen molar-refractivity contribution in [2.75, 3.05) is 24.9 Å². The summed E-state index contributed by atoms with van der Waals surface area (Å²) in [7, 11) is 3.16. The summed E-state index contributed by atoms with van der Waals surface area (Å²) in [4.78, 5) is 28.0. The lowest BCUT2D eigenvalue weighted by Gasteiger charge is -2.12. The van der Waals surface area contributed by atoms with Crippen molar-refractivity contribution in [3.8, 4) is 11.5 Å². The maximum atomic E-state index is 12.4. The predicted molar refractivity (Wildman–Crippen MR) is 111 cm³/mol. The number of benzene rings is 2. The van der Waals surface area contributed by atoms with Crippen LogP contribution in [0.2, 0.25) is 0 Å². The molecule has 0 saturated heterocycles. The number of ether oxygens (including phenoxy) is 2. The minimum atomic E-state index is -0.290. The van der Waals surface area contributed by atoms with Gasteiger partial charge in [-0.1, -0.05) is 0 Å². The molecule has 0 aliphatic heterocycles. The number of nitrogens with zero attached hydrogens (tertiary/aromatic N) is 1. The molecule has 0 bridgehead atoms. The molecule has 0 atom stereocenters. The number of pyridine rings is 1. The number of carbonyl (C=O) groups excluding carboxylic acids is 2. The van der Waals surface area contributed by atoms with Crippen LogP contribution < -0.4 is 20.1 Å². The van der Waals surface area contributed by atoms with Gasteiger partial charge in [-0.2, -0.15) is 0 Å². The van der Waals surface area contributed by atoms with Gasteiger partial charge in [-0.05, 0) is 55.5 Å². The van der Waals surface area contributed by atoms with Gasteiger partial charge in [0.15, 0.2) is 5.78 Å². The van der Waals surface area contributed by atoms with Crippen LogP contribution in [0.1, 0.15) is 27.6 Å². The van der Waals surface area contributed by atoms with E-state index in [4.69, 9.17) is 9.47 Å². The lowest BCUT2D eigenvalue weighted by Crippen LogP contribution is -2.12. The normalized spacial score (nSPS) is 10.2. The van der Waals surface area contributed by atoms with Crippen LogP contribution in [0, 0.1) is 0 Å². The zero-order valence-corrected chi connectivity index (χ0v) is 16.4. The molecular formula is C22H21N3O4. The molecule has 0 saturated carbocycles. The van der Waals surface area contributed by atoms with E-state index >= 15 is 0 Å². The third-order valence-corrected chi connectivity index (χ3v) is 4.25. The first-order valence-corrected chi connectivity index (χ1v) is 8.87. The van der Waals surface area contributed by atoms with Crippen molar-refractivity contribution in [1.29, 1.82) is 0 Å². The van der Waals surface area contributed by atoms with Crippen LogP contribution >= 0.6 is 0 Å². The van der Waals surface area contributed by atoms with Gasteiger partial charge >= 0.3 is 0 Å². The third-order valence-electron chi connectivity index (χ3n) is 4.25. The Hall–Kier alpha value is -3.87. The topological polar surface area (TPSA) is 89.6 Å². The number of hydrogen-bond donors (Lipinski definition) is 2. The van der Waals surface area contributed by atoms with Crippen LogP contribution in [0.15, 0.2) is 60.8 Å². The van der Waals surface area contributed by atoms with Gasteiger partial charge in [0.1, 0.15) is 17.3 Å². The van der Waals surface area contributed by atoms with Crippen LogP contribution in [0.3, 0.4) is 0 Å². The Morgan fingerprint density at radius 1 is 0.897 bits per heavy atom. The molecule has 0 fully saturated rings. The fourth-order valence-electron chi connectivity index (χ4n) is 2.63. The number of carbonyl (C=O) groups is 2. The van der Waals surface area contributed by atoms with Crippen molar-refractivity contribution in [3.05, 3.63) is 71.9 Å². The van der Waals surface area contributed by atoms with E-state index in [1.807, 2.05) is 12.1 Å². The van der Waals surface area contributed by atoms with E-state index in [0.29, 0.717) is 34.1 Å². The Morgan fingerprint density at radius 2 is 1.62 bits per heavy atom. The minimum absolute atomic E-state index is 0.0244. The highest BCUT2D eigenvalue weighted by molar-refractivity contribution is 6.04. The maximum absolute atomic E-state index is 12.4. The molecule has 7 nitrogen and oxygen atoms in total. The standard InChI is InChI=1S/C22H21N3O4/c1-14(26)15-4-7-17(8-5-15)24-22(27)16-6-11-21(23-13-16)25-19-10-9-18(28-2)12-20(19)29-3/h4-13H,1-3H3,(H,23,25)(H,24,27). The van der Waals surface area contributed by atoms with E-state index in [1.54, 1.807) is 56.7 Å². The highest BCUT2D eigenvalue weighted by Gasteiger charge is 2.09. The zero-order chi connectivity index (χ0) is 20.8. The largest absolute Gasteiger partial charge is 0.497 e. The monoisotopic (exact) mass is 391 g/mol. The number of methoxy groups -OCH3 is 2. The number of nitrogens with one attached hydrogen (secondary N) is 2. The molecule has 0 spiro atoms. The molecular weight excluding hydrogens is 370 g/mol. The average Bonchev–Trinajstić information content (AvgIpc) is 2.74. The highest BCUT2D eigenvalue weighted by atomic mass is 16.5. The second kappa shape index (κ2) is 8.88. The van der Waals surface area contributed by atoms with Gasteiger partial charge in [-0.15, -0.1) is 0 Å². The number of aromatic nitrogens is 1. The summed E-state index contributed by atoms with van der Waals surface area (Å²) in [5, 5.41) is 5.93. The third kappa shape index (κ3) is 4.90. The number of ketones is 1. The quantitative estimate of drug-likeness (QED) is 0.584. The first-order chi connectivity index (χ1) is 14.0. The van der Waals surface area contributed by atoms with Gasteiger partial charge in [0, 0.05) is 23.5 Å². The fraction of sp³-hybridized carbons (Fsp3) is 0.136. The average molecular weight is 391 g/mol. The predicted octanol–water partition coefficient (Wildman–Crippen LogP) is 4.30. The maximum Gasteiger partial charge on any atom is 0.257 e. The van der Waals surface area contributed by atoms with Crippen LogP contribution in [0.5, 0.6) is 11.5 Å². The Bertz CT molecular complexity index is 1020. The van der Waals surface area contributed by atoms with Crippen LogP contribution in [0.25, 0.3) is 0 Å². The second-order valence-electron chi connectivity index (χ2n) is 6.21. The van der Waals surface area contributed by atoms with E-state index in [9.17, 15) is 9.59 Å². The molecule has 1 heterocycles. The summed E-state index contributed by atoms with van der Waals surface area (Å²) in [6, 6.07) is 15.5. The second-order valence-corrected chi connectivity index (χ2v) is 6.21. The smallest absolute Gasteiger partial charge is 0.257 e. The van der Waals surface area contributed by atoms with E-state index in [2.05, 4.69) is 15.6 Å².